The molecule has 6 amide bonds. The number of nitrogens with zero attached hydrogens (tertiary/aromatic N) is 3. The minimum atomic E-state index is -5.10. The van der Waals surface area contributed by atoms with Crippen molar-refractivity contribution < 1.29 is 52.7 Å². The van der Waals surface area contributed by atoms with Crippen LogP contribution >= 0.6 is 7.82 Å². The Morgan fingerprint density at radius 3 is 2.25 bits per heavy atom. The van der Waals surface area contributed by atoms with Crippen LogP contribution in [0.25, 0.3) is 0 Å². The zero-order valence-electron chi connectivity index (χ0n) is 30.0. The first-order valence-corrected chi connectivity index (χ1v) is 18.6. The van der Waals surface area contributed by atoms with Gasteiger partial charge in [-0.3, -0.25) is 33.3 Å². The predicted octanol–water partition coefficient (Wildman–Crippen LogP) is -1.25. The molecule has 0 aromatic carbocycles. The maximum Gasteiger partial charge on any atom is 0.469 e. The molecule has 0 spiro atoms. The highest BCUT2D eigenvalue weighted by Crippen LogP contribution is 2.38. The summed E-state index contributed by atoms with van der Waals surface area (Å²) in [6.07, 6.45) is 6.79. The van der Waals surface area contributed by atoms with Gasteiger partial charge in [-0.15, -0.1) is 6.58 Å². The number of unbranched alkanes of at least 4 members (excludes halogenated alkanes) is 2. The van der Waals surface area contributed by atoms with Crippen LogP contribution in [0.5, 0.6) is 0 Å². The number of carbonyl (C=O) groups is 6. The number of aromatic nitrogens is 2. The molecule has 0 bridgehead atoms. The van der Waals surface area contributed by atoms with E-state index in [1.807, 2.05) is 13.8 Å². The Balaban J connectivity index is 2.36. The molecule has 1 saturated heterocycles. The molecule has 1 aromatic rings. The number of nitrogens with one attached hydrogen (secondary N) is 4. The maximum atomic E-state index is 13.8. The number of rotatable bonds is 22. The molecule has 0 aliphatic carbocycles. The van der Waals surface area contributed by atoms with Crippen LogP contribution in [-0.2, 0) is 50.8 Å². The van der Waals surface area contributed by atoms with E-state index in [1.54, 1.807) is 17.0 Å². The van der Waals surface area contributed by atoms with Gasteiger partial charge in [-0.2, -0.15) is 0 Å². The van der Waals surface area contributed by atoms with Crippen molar-refractivity contribution >= 4 is 43.3 Å². The van der Waals surface area contributed by atoms with Gasteiger partial charge >= 0.3 is 7.82 Å². The molecule has 0 saturated carbocycles. The zero-order chi connectivity index (χ0) is 39.2. The largest absolute Gasteiger partial charge is 0.469 e. The summed E-state index contributed by atoms with van der Waals surface area (Å²) in [5.74, 6) is -4.86. The van der Waals surface area contributed by atoms with Gasteiger partial charge in [0.2, 0.25) is 35.4 Å². The van der Waals surface area contributed by atoms with Crippen LogP contribution in [0.4, 0.5) is 0 Å². The summed E-state index contributed by atoms with van der Waals surface area (Å²) in [6, 6.07) is -6.72. The lowest BCUT2D eigenvalue weighted by molar-refractivity contribution is -0.139. The maximum absolute atomic E-state index is 13.8. The monoisotopic (exact) mass is 756 g/mol. The van der Waals surface area contributed by atoms with Crippen molar-refractivity contribution in [2.24, 2.45) is 11.7 Å². The quantitative estimate of drug-likeness (QED) is 0.0392. The van der Waals surface area contributed by atoms with Crippen LogP contribution in [0.15, 0.2) is 25.2 Å². The Bertz CT molecular complexity index is 1470. The van der Waals surface area contributed by atoms with E-state index in [4.69, 9.17) is 15.5 Å². The number of aliphatic hydroxyl groups excluding tert-OH is 1. The average molecular weight is 757 g/mol. The number of nitrogens with two attached hydrogens (primary N) is 1. The van der Waals surface area contributed by atoms with E-state index < -0.39 is 80.3 Å². The second kappa shape index (κ2) is 20.8. The summed E-state index contributed by atoms with van der Waals surface area (Å²) in [6.45, 7) is 9.80. The minimum absolute atomic E-state index is 0.0783. The molecular weight excluding hydrogens is 703 g/mol. The zero-order valence-corrected chi connectivity index (χ0v) is 30.9. The Kier molecular flexibility index (Phi) is 17.6. The van der Waals surface area contributed by atoms with E-state index in [-0.39, 0.29) is 24.7 Å². The Labute approximate surface area is 302 Å². The third-order valence-electron chi connectivity index (χ3n) is 8.39. The van der Waals surface area contributed by atoms with Gasteiger partial charge in [-0.05, 0) is 51.4 Å². The number of primary amides is 1. The number of likely N-dealkylation sites (tertiary alicyclic amines) is 1. The van der Waals surface area contributed by atoms with E-state index in [0.29, 0.717) is 31.6 Å². The van der Waals surface area contributed by atoms with Crippen LogP contribution in [0.3, 0.4) is 0 Å². The number of imidazole rings is 1. The highest BCUT2D eigenvalue weighted by Gasteiger charge is 2.37. The van der Waals surface area contributed by atoms with E-state index in [1.165, 1.54) is 18.0 Å². The fourth-order valence-corrected chi connectivity index (χ4v) is 6.34. The van der Waals surface area contributed by atoms with Gasteiger partial charge in [0, 0.05) is 38.3 Å². The molecule has 292 valence electrons. The van der Waals surface area contributed by atoms with Crippen molar-refractivity contribution in [3.05, 3.63) is 30.9 Å². The highest BCUT2D eigenvalue weighted by molar-refractivity contribution is 7.46. The van der Waals surface area contributed by atoms with Crippen LogP contribution < -0.4 is 27.0 Å². The summed E-state index contributed by atoms with van der Waals surface area (Å²) in [5.41, 5.74) is 5.85. The lowest BCUT2D eigenvalue weighted by atomic mass is 10.0. The van der Waals surface area contributed by atoms with Crippen molar-refractivity contribution in [2.75, 3.05) is 13.2 Å². The number of phosphoric acid groups is 1. The molecule has 19 nitrogen and oxygen atoms in total. The fraction of sp³-hybridized carbons (Fsp3) is 0.656. The highest BCUT2D eigenvalue weighted by atomic mass is 31.2. The van der Waals surface area contributed by atoms with E-state index in [9.17, 15) is 38.4 Å². The number of allylic oxidation sites excluding steroid dienone is 1. The Morgan fingerprint density at radius 1 is 1.04 bits per heavy atom. The third kappa shape index (κ3) is 14.1. The first-order chi connectivity index (χ1) is 24.4. The lowest BCUT2D eigenvalue weighted by Crippen LogP contribution is -2.61. The van der Waals surface area contributed by atoms with E-state index >= 15 is 0 Å². The van der Waals surface area contributed by atoms with Gasteiger partial charge in [-0.25, -0.2) is 9.55 Å². The number of amides is 6. The first-order valence-electron chi connectivity index (χ1n) is 17.1. The SMILES string of the molecule is C=CCCCCn1cncc1C[C@H](NC(=O)[C@H](CC(C)C)NC(=O)[C@@H]1CCCN1C(C)=O)C(=O)N[C@@H](CO)C(=O)N[C@H](C(N)=O)[C@@H](C)OP(=O)(O)O. The van der Waals surface area contributed by atoms with Gasteiger partial charge in [0.1, 0.15) is 30.2 Å². The van der Waals surface area contributed by atoms with Crippen molar-refractivity contribution in [2.45, 2.75) is 115 Å². The topological polar surface area (TPSA) is 285 Å². The molecule has 20 heteroatoms. The molecule has 6 atom stereocenters. The molecule has 2 heterocycles. The molecule has 52 heavy (non-hydrogen) atoms. The van der Waals surface area contributed by atoms with Crippen molar-refractivity contribution in [1.29, 1.82) is 0 Å². The normalized spacial score (nSPS) is 17.4. The summed E-state index contributed by atoms with van der Waals surface area (Å²) in [5, 5.41) is 19.9. The van der Waals surface area contributed by atoms with Crippen LogP contribution in [-0.4, -0.2) is 114 Å². The van der Waals surface area contributed by atoms with Crippen LogP contribution in [0.2, 0.25) is 0 Å². The van der Waals surface area contributed by atoms with E-state index in [2.05, 4.69) is 37.4 Å². The number of aliphatic hydroxyl groups is 1. The summed E-state index contributed by atoms with van der Waals surface area (Å²) < 4.78 is 17.6. The molecule has 0 radical (unpaired) electrons. The minimum Gasteiger partial charge on any atom is -0.394 e. The van der Waals surface area contributed by atoms with E-state index in [0.717, 1.165) is 26.2 Å². The van der Waals surface area contributed by atoms with Gasteiger partial charge in [0.05, 0.1) is 19.0 Å². The first kappa shape index (κ1) is 44.0. The van der Waals surface area contributed by atoms with Gasteiger partial charge in [0.15, 0.2) is 0 Å². The number of phosphoric ester groups is 1. The smallest absolute Gasteiger partial charge is 0.394 e. The molecule has 0 unspecified atom stereocenters. The number of carbonyl (C=O) groups excluding carboxylic acids is 6. The molecule has 1 aromatic heterocycles. The van der Waals surface area contributed by atoms with Crippen LogP contribution in [0, 0.1) is 5.92 Å². The number of hydrogen-bond acceptors (Lipinski definition) is 10. The Morgan fingerprint density at radius 2 is 1.67 bits per heavy atom. The molecule has 1 aliphatic heterocycles. The van der Waals surface area contributed by atoms with Gasteiger partial charge < -0.3 is 51.4 Å². The standard InChI is InChI=1S/C32H53N8O11P/c1-6-7-8-9-12-39-18-34-16-22(39)15-24(30(45)37-25(17-41)31(46)38-27(28(33)43)20(4)51-52(48,49)50)35-29(44)23(14-19(2)3)36-32(47)26-11-10-13-40(26)21(5)42/h6,16,18-20,23-27,41H,1,7-15,17H2,2-5H3,(H2,33,43)(H,35,44)(H,36,47)(H,37,45)(H,38,46)(H2,48,49,50)/t20-,23+,24+,25+,26+,27+/m1/s1. The van der Waals surface area contributed by atoms with Crippen molar-refractivity contribution in [3.8, 4) is 0 Å². The molecule has 9 N–H and O–H groups in total. The molecule has 1 fully saturated rings. The Hall–Kier alpha value is -4.16. The molecule has 1 aliphatic rings. The average Bonchev–Trinajstić information content (AvgIpc) is 3.72. The summed E-state index contributed by atoms with van der Waals surface area (Å²) in [4.78, 5) is 102. The van der Waals surface area contributed by atoms with Gasteiger partial charge in [-0.1, -0.05) is 19.9 Å². The van der Waals surface area contributed by atoms with Crippen LogP contribution in [0.1, 0.15) is 71.9 Å². The summed E-state index contributed by atoms with van der Waals surface area (Å²) in [7, 11) is -5.10. The van der Waals surface area contributed by atoms with Crippen molar-refractivity contribution in [1.82, 2.24) is 35.7 Å². The second-order valence-electron chi connectivity index (χ2n) is 13.1. The lowest BCUT2D eigenvalue weighted by Gasteiger charge is -2.28. The second-order valence-corrected chi connectivity index (χ2v) is 14.3. The molecular formula is C32H53N8O11P. The molecule has 2 rings (SSSR count). The van der Waals surface area contributed by atoms with Crippen molar-refractivity contribution in [3.63, 3.8) is 0 Å². The number of aryl methyl sites for hydroxylation is 1. The number of hydrogen-bond donors (Lipinski definition) is 8. The predicted molar refractivity (Wildman–Crippen MR) is 186 cm³/mol. The fourth-order valence-electron chi connectivity index (χ4n) is 5.79. The third-order valence-corrected chi connectivity index (χ3v) is 9.00. The van der Waals surface area contributed by atoms with Gasteiger partial charge in [0.25, 0.3) is 0 Å². The summed E-state index contributed by atoms with van der Waals surface area (Å²) >= 11 is 0.